The van der Waals surface area contributed by atoms with Crippen molar-refractivity contribution in [3.8, 4) is 0 Å². The number of benzene rings is 3. The van der Waals surface area contributed by atoms with Crippen LogP contribution in [-0.4, -0.2) is 95.2 Å². The number of Topliss-reactive ketones (excluding diaryl/α,β-unsaturated/α-hetero) is 1. The van der Waals surface area contributed by atoms with E-state index in [9.17, 15) is 38.7 Å². The van der Waals surface area contributed by atoms with Gasteiger partial charge in [-0.15, -0.1) is 0 Å². The highest BCUT2D eigenvalue weighted by atomic mass is 35.5. The van der Waals surface area contributed by atoms with Crippen molar-refractivity contribution in [1.29, 1.82) is 0 Å². The number of carboxylic acids is 1. The van der Waals surface area contributed by atoms with Crippen molar-refractivity contribution >= 4 is 64.5 Å². The third-order valence-electron chi connectivity index (χ3n) is 10.4. The van der Waals surface area contributed by atoms with Crippen molar-refractivity contribution in [1.82, 2.24) is 20.9 Å². The van der Waals surface area contributed by atoms with E-state index in [1.807, 2.05) is 36.4 Å². The van der Waals surface area contributed by atoms with Crippen LogP contribution in [0.25, 0.3) is 0 Å². The summed E-state index contributed by atoms with van der Waals surface area (Å²) >= 11 is 12.3. The van der Waals surface area contributed by atoms with Crippen LogP contribution in [0.1, 0.15) is 89.8 Å². The average Bonchev–Trinajstić information content (AvgIpc) is 3.70. The van der Waals surface area contributed by atoms with Crippen LogP contribution in [0.4, 0.5) is 0 Å². The summed E-state index contributed by atoms with van der Waals surface area (Å²) in [7, 11) is 0. The number of aromatic carboxylic acids is 1. The number of carboxylic acid groups (broad SMARTS) is 1. The largest absolute Gasteiger partial charge is 0.478 e. The Bertz CT molecular complexity index is 2120. The number of nitrogens with two attached hydrogens (primary N) is 1. The Kier molecular flexibility index (Phi) is 17.0. The molecule has 3 aromatic carbocycles. The zero-order valence-electron chi connectivity index (χ0n) is 33.6. The Balaban J connectivity index is 1.35. The molecule has 15 nitrogen and oxygen atoms in total. The van der Waals surface area contributed by atoms with E-state index in [1.165, 1.54) is 4.90 Å². The quantitative estimate of drug-likeness (QED) is 0.0599. The summed E-state index contributed by atoms with van der Waals surface area (Å²) in [5.74, 6) is -6.33. The standard InChI is InChI=1S/C44H49Cl2N5O10/c1-2-12-34(37(52)42(56)48-19-20-60-38(39(47)53)28-17-10-5-11-18-28)49-41(55)35-21-29(61-25-26-13-6-3-7-14-26)24-51(35)43(57)36(27-15-8-4-9-16-27)50-40(54)30-22-32(45)33(46)23-31(30)44(58)59/h3,5-7,10-11,13-15,17-18,22-23,29,34-36,38H,2,4,8-9,12,16,19-21,24-25H2,1H3,(H2,47,53)(H,48,56)(H,49,55)(H,50,54)(H,58,59)/t29-,34?,35+,36+,38?/m1/s1. The van der Waals surface area contributed by atoms with E-state index in [2.05, 4.69) is 16.0 Å². The number of carbonyl (C=O) groups excluding carboxylic acids is 6. The minimum absolute atomic E-state index is 0.0269. The van der Waals surface area contributed by atoms with E-state index < -0.39 is 77.2 Å². The molecule has 5 rings (SSSR count). The molecule has 17 heteroatoms. The number of ether oxygens (including phenoxy) is 2. The molecule has 3 aromatic rings. The van der Waals surface area contributed by atoms with Crippen LogP contribution in [-0.2, 0) is 40.1 Å². The summed E-state index contributed by atoms with van der Waals surface area (Å²) in [6.07, 6.45) is 3.33. The fourth-order valence-electron chi connectivity index (χ4n) is 7.31. The molecule has 2 aliphatic rings. The van der Waals surface area contributed by atoms with Gasteiger partial charge in [0.2, 0.25) is 17.6 Å². The number of nitrogens with zero attached hydrogens (tertiary/aromatic N) is 1. The van der Waals surface area contributed by atoms with Gasteiger partial charge >= 0.3 is 5.97 Å². The van der Waals surface area contributed by atoms with Gasteiger partial charge in [0.1, 0.15) is 12.1 Å². The lowest BCUT2D eigenvalue weighted by molar-refractivity contribution is -0.142. The summed E-state index contributed by atoms with van der Waals surface area (Å²) < 4.78 is 11.8. The fourth-order valence-corrected chi connectivity index (χ4v) is 7.63. The number of allylic oxidation sites excluding steroid dienone is 1. The van der Waals surface area contributed by atoms with Gasteiger partial charge in [0.15, 0.2) is 6.10 Å². The molecule has 324 valence electrons. The molecule has 1 aliphatic heterocycles. The molecular weight excluding hydrogens is 829 g/mol. The predicted molar refractivity (Wildman–Crippen MR) is 226 cm³/mol. The molecule has 0 bridgehead atoms. The number of hydrogen-bond donors (Lipinski definition) is 5. The van der Waals surface area contributed by atoms with E-state index in [0.29, 0.717) is 30.4 Å². The number of amides is 5. The van der Waals surface area contributed by atoms with Gasteiger partial charge in [-0.2, -0.15) is 0 Å². The van der Waals surface area contributed by atoms with E-state index in [0.717, 1.165) is 30.5 Å². The Hall–Kier alpha value is -5.61. The van der Waals surface area contributed by atoms with Crippen molar-refractivity contribution in [2.45, 2.75) is 88.8 Å². The number of nitrogens with one attached hydrogen (secondary N) is 3. The second-order valence-corrected chi connectivity index (χ2v) is 15.6. The zero-order valence-corrected chi connectivity index (χ0v) is 35.1. The summed E-state index contributed by atoms with van der Waals surface area (Å²) in [5.41, 5.74) is 6.74. The van der Waals surface area contributed by atoms with Crippen LogP contribution in [0, 0.1) is 0 Å². The number of carbonyl (C=O) groups is 7. The maximum atomic E-state index is 14.8. The van der Waals surface area contributed by atoms with Crippen molar-refractivity contribution in [2.24, 2.45) is 5.73 Å². The molecule has 0 spiro atoms. The average molecular weight is 879 g/mol. The molecular formula is C44H49Cl2N5O10. The predicted octanol–water partition coefficient (Wildman–Crippen LogP) is 4.69. The first-order valence-electron chi connectivity index (χ1n) is 20.0. The van der Waals surface area contributed by atoms with Crippen LogP contribution in [0.3, 0.4) is 0 Å². The van der Waals surface area contributed by atoms with Gasteiger partial charge in [0.05, 0.1) is 46.5 Å². The van der Waals surface area contributed by atoms with E-state index >= 15 is 0 Å². The van der Waals surface area contributed by atoms with E-state index in [-0.39, 0.29) is 54.8 Å². The number of hydrogen-bond acceptors (Lipinski definition) is 9. The maximum Gasteiger partial charge on any atom is 0.336 e. The molecule has 1 fully saturated rings. The van der Waals surface area contributed by atoms with E-state index in [1.54, 1.807) is 37.3 Å². The third kappa shape index (κ3) is 12.5. The minimum Gasteiger partial charge on any atom is -0.478 e. The Morgan fingerprint density at radius 1 is 0.918 bits per heavy atom. The van der Waals surface area contributed by atoms with Crippen LogP contribution in [0.5, 0.6) is 0 Å². The molecule has 61 heavy (non-hydrogen) atoms. The monoisotopic (exact) mass is 877 g/mol. The first-order valence-corrected chi connectivity index (χ1v) is 20.8. The van der Waals surface area contributed by atoms with Crippen molar-refractivity contribution in [3.05, 3.63) is 117 Å². The van der Waals surface area contributed by atoms with Gasteiger partial charge in [-0.25, -0.2) is 4.79 Å². The van der Waals surface area contributed by atoms with Gasteiger partial charge in [-0.3, -0.25) is 28.8 Å². The van der Waals surface area contributed by atoms with Gasteiger partial charge in [-0.1, -0.05) is 103 Å². The Labute approximate surface area is 363 Å². The molecule has 5 amide bonds. The van der Waals surface area contributed by atoms with Crippen LogP contribution in [0.2, 0.25) is 10.0 Å². The van der Waals surface area contributed by atoms with Gasteiger partial charge in [0.25, 0.3) is 17.7 Å². The second-order valence-electron chi connectivity index (χ2n) is 14.7. The highest BCUT2D eigenvalue weighted by molar-refractivity contribution is 6.42. The number of primary amides is 1. The van der Waals surface area contributed by atoms with Gasteiger partial charge < -0.3 is 41.2 Å². The lowest BCUT2D eigenvalue weighted by Crippen LogP contribution is -2.56. The number of rotatable bonds is 20. The molecule has 0 radical (unpaired) electrons. The smallest absolute Gasteiger partial charge is 0.336 e. The Morgan fingerprint density at radius 3 is 2.21 bits per heavy atom. The molecule has 1 saturated heterocycles. The molecule has 6 N–H and O–H groups in total. The van der Waals surface area contributed by atoms with Crippen molar-refractivity contribution in [2.75, 3.05) is 19.7 Å². The molecule has 2 unspecified atom stereocenters. The zero-order chi connectivity index (χ0) is 44.1. The minimum atomic E-state index is -1.43. The lowest BCUT2D eigenvalue weighted by Gasteiger charge is -2.31. The molecule has 0 saturated carbocycles. The molecule has 5 atom stereocenters. The molecule has 1 heterocycles. The fraction of sp³-hybridized carbons (Fsp3) is 0.386. The van der Waals surface area contributed by atoms with Crippen molar-refractivity contribution < 1.29 is 48.1 Å². The van der Waals surface area contributed by atoms with Crippen LogP contribution >= 0.6 is 23.2 Å². The second kappa shape index (κ2) is 22.3. The summed E-state index contributed by atoms with van der Waals surface area (Å²) in [6, 6.07) is 16.3. The highest BCUT2D eigenvalue weighted by Crippen LogP contribution is 2.30. The summed E-state index contributed by atoms with van der Waals surface area (Å²) in [6.45, 7) is 1.61. The number of halogens is 2. The van der Waals surface area contributed by atoms with Gasteiger partial charge in [-0.05, 0) is 60.9 Å². The van der Waals surface area contributed by atoms with Gasteiger partial charge in [0, 0.05) is 19.5 Å². The highest BCUT2D eigenvalue weighted by Gasteiger charge is 2.44. The Morgan fingerprint density at radius 2 is 1.59 bits per heavy atom. The molecule has 0 aromatic heterocycles. The summed E-state index contributed by atoms with van der Waals surface area (Å²) in [4.78, 5) is 94.9. The SMILES string of the molecule is CCCC(NC(=O)[C@@H]1C[C@@H](OCc2ccccc2)CN1C(=O)[C@@H](NC(=O)c1cc(Cl)c(Cl)cc1C(=O)O)C1=CCCCC1)C(=O)C(=O)NCCOC(C(N)=O)c1ccccc1. The topological polar surface area (TPSA) is 224 Å². The van der Waals surface area contributed by atoms with Crippen LogP contribution < -0.4 is 21.7 Å². The third-order valence-corrected chi connectivity index (χ3v) is 11.1. The first kappa shape index (κ1) is 46.5. The van der Waals surface area contributed by atoms with Crippen molar-refractivity contribution in [3.63, 3.8) is 0 Å². The number of ketones is 1. The van der Waals surface area contributed by atoms with Crippen LogP contribution in [0.15, 0.2) is 84.4 Å². The summed E-state index contributed by atoms with van der Waals surface area (Å²) in [5, 5.41) is 17.6. The normalized spacial score (nSPS) is 17.6. The first-order chi connectivity index (χ1) is 29.3. The maximum absolute atomic E-state index is 14.8. The lowest BCUT2D eigenvalue weighted by atomic mass is 9.92. The number of likely N-dealkylation sites (tertiary alicyclic amines) is 1. The van der Waals surface area contributed by atoms with E-state index in [4.69, 9.17) is 38.4 Å². The molecule has 1 aliphatic carbocycles.